The highest BCUT2D eigenvalue weighted by Gasteiger charge is 2.50. The molecule has 0 amide bonds. The minimum atomic E-state index is -0.732. The summed E-state index contributed by atoms with van der Waals surface area (Å²) in [5, 5.41) is 6.41. The minimum Gasteiger partial charge on any atom is -0.448 e. The minimum absolute atomic E-state index is 0.157. The van der Waals surface area contributed by atoms with Crippen molar-refractivity contribution >= 4 is 32.3 Å². The first kappa shape index (κ1) is 30.1. The SMILES string of the molecule is CC(C)C1(C(C)C)Oc2cc3c4cc5c(cc4c4cc6c(cc4c3cc2O1)OC(C(C)C)(C(C)C)O6)OC(C(C)C)(C(C)C)O5. The maximum absolute atomic E-state index is 6.71. The van der Waals surface area contributed by atoms with E-state index in [1.807, 2.05) is 0 Å². The molecular formula is C39H48O6. The molecule has 0 unspecified atom stereocenters. The van der Waals surface area contributed by atoms with Crippen LogP contribution in [0.2, 0.25) is 0 Å². The number of fused-ring (bicyclic) bond motifs is 9. The van der Waals surface area contributed by atoms with Crippen LogP contribution in [0.3, 0.4) is 0 Å². The van der Waals surface area contributed by atoms with E-state index in [9.17, 15) is 0 Å². The third-order valence-electron chi connectivity index (χ3n) is 10.6. The van der Waals surface area contributed by atoms with E-state index in [-0.39, 0.29) is 35.5 Å². The van der Waals surface area contributed by atoms with Crippen LogP contribution < -0.4 is 28.4 Å². The highest BCUT2D eigenvalue weighted by molar-refractivity contribution is 6.27. The number of benzene rings is 4. The van der Waals surface area contributed by atoms with Gasteiger partial charge in [-0.2, -0.15) is 0 Å². The van der Waals surface area contributed by atoms with E-state index in [4.69, 9.17) is 28.4 Å². The molecule has 0 bridgehead atoms. The zero-order chi connectivity index (χ0) is 32.4. The van der Waals surface area contributed by atoms with E-state index in [0.717, 1.165) is 66.8 Å². The van der Waals surface area contributed by atoms with Crippen LogP contribution in [-0.4, -0.2) is 17.4 Å². The summed E-state index contributed by atoms with van der Waals surface area (Å²) in [6, 6.07) is 12.9. The first-order valence-corrected chi connectivity index (χ1v) is 16.8. The average Bonchev–Trinajstić information content (AvgIpc) is 3.66. The van der Waals surface area contributed by atoms with Crippen molar-refractivity contribution in [2.45, 2.75) is 100 Å². The maximum atomic E-state index is 6.71. The molecule has 0 aromatic heterocycles. The van der Waals surface area contributed by atoms with Crippen molar-refractivity contribution in [2.75, 3.05) is 0 Å². The van der Waals surface area contributed by atoms with Crippen LogP contribution in [0.25, 0.3) is 32.3 Å². The molecule has 0 N–H and O–H groups in total. The molecule has 0 atom stereocenters. The summed E-state index contributed by atoms with van der Waals surface area (Å²) in [5.41, 5.74) is 0. The molecule has 0 spiro atoms. The summed E-state index contributed by atoms with van der Waals surface area (Å²) in [7, 11) is 0. The van der Waals surface area contributed by atoms with Crippen molar-refractivity contribution in [1.29, 1.82) is 0 Å². The second-order valence-electron chi connectivity index (χ2n) is 15.2. The normalized spacial score (nSPS) is 18.8. The Bertz CT molecular complexity index is 1470. The van der Waals surface area contributed by atoms with E-state index in [1.165, 1.54) is 0 Å². The summed E-state index contributed by atoms with van der Waals surface area (Å²) in [6.45, 7) is 25.9. The Hall–Kier alpha value is -3.54. The second kappa shape index (κ2) is 9.73. The van der Waals surface area contributed by atoms with Gasteiger partial charge in [0.15, 0.2) is 34.5 Å². The molecule has 6 heteroatoms. The van der Waals surface area contributed by atoms with E-state index >= 15 is 0 Å². The Kier molecular flexibility index (Phi) is 6.52. The number of rotatable bonds is 6. The summed E-state index contributed by atoms with van der Waals surface area (Å²) >= 11 is 0. The topological polar surface area (TPSA) is 55.4 Å². The average molecular weight is 613 g/mol. The van der Waals surface area contributed by atoms with E-state index in [0.29, 0.717) is 0 Å². The van der Waals surface area contributed by atoms with Crippen LogP contribution in [0.1, 0.15) is 83.1 Å². The van der Waals surface area contributed by atoms with Crippen LogP contribution in [0.15, 0.2) is 36.4 Å². The smallest absolute Gasteiger partial charge is 0.256 e. The summed E-state index contributed by atoms with van der Waals surface area (Å²) in [5.74, 6) is 3.34. The molecule has 0 radical (unpaired) electrons. The molecule has 0 saturated carbocycles. The van der Waals surface area contributed by atoms with Gasteiger partial charge in [0.2, 0.25) is 0 Å². The molecule has 3 heterocycles. The monoisotopic (exact) mass is 612 g/mol. The van der Waals surface area contributed by atoms with Crippen LogP contribution in [0, 0.1) is 35.5 Å². The van der Waals surface area contributed by atoms with Crippen LogP contribution >= 0.6 is 0 Å². The van der Waals surface area contributed by atoms with Gasteiger partial charge in [-0.1, -0.05) is 83.1 Å². The first-order chi connectivity index (χ1) is 21.1. The lowest BCUT2D eigenvalue weighted by Gasteiger charge is -2.35. The molecule has 4 aromatic carbocycles. The predicted molar refractivity (Wildman–Crippen MR) is 180 cm³/mol. The fraction of sp³-hybridized carbons (Fsp3) is 0.538. The van der Waals surface area contributed by atoms with Gasteiger partial charge in [-0.05, 0) is 68.7 Å². The summed E-state index contributed by atoms with van der Waals surface area (Å²) < 4.78 is 40.2. The van der Waals surface area contributed by atoms with Crippen LogP contribution in [-0.2, 0) is 0 Å². The van der Waals surface area contributed by atoms with Gasteiger partial charge in [0.1, 0.15) is 0 Å². The van der Waals surface area contributed by atoms with Gasteiger partial charge in [0, 0.05) is 35.5 Å². The van der Waals surface area contributed by atoms with Gasteiger partial charge in [-0.3, -0.25) is 0 Å². The number of hydrogen-bond acceptors (Lipinski definition) is 6. The fourth-order valence-corrected chi connectivity index (χ4v) is 8.00. The molecule has 0 saturated heterocycles. The van der Waals surface area contributed by atoms with Gasteiger partial charge in [-0.25, -0.2) is 0 Å². The molecule has 3 aliphatic heterocycles. The van der Waals surface area contributed by atoms with Gasteiger partial charge >= 0.3 is 0 Å². The standard InChI is InChI=1S/C39H48O6/c1-19(2)37(20(3)4)40-31-13-25-26(14-32(31)41-37)28-16-34-36(45-39(43-34,23(9)10)24(11)12)18-30(28)29-17-35-33(15-27(25)29)42-38(44-35,21(5)6)22(7)8/h13-24H,1-12H3. The van der Waals surface area contributed by atoms with E-state index in [1.54, 1.807) is 0 Å². The highest BCUT2D eigenvalue weighted by Crippen LogP contribution is 2.55. The largest absolute Gasteiger partial charge is 0.448 e. The Morgan fingerprint density at radius 2 is 0.422 bits per heavy atom. The molecule has 7 rings (SSSR count). The number of hydrogen-bond donors (Lipinski definition) is 0. The molecule has 3 aliphatic rings. The Morgan fingerprint density at radius 3 is 0.533 bits per heavy atom. The van der Waals surface area contributed by atoms with E-state index in [2.05, 4.69) is 119 Å². The molecule has 0 aliphatic carbocycles. The molecular weight excluding hydrogens is 564 g/mol. The second-order valence-corrected chi connectivity index (χ2v) is 15.2. The van der Waals surface area contributed by atoms with Crippen LogP contribution in [0.4, 0.5) is 0 Å². The Labute approximate surface area is 267 Å². The zero-order valence-corrected chi connectivity index (χ0v) is 28.9. The summed E-state index contributed by atoms with van der Waals surface area (Å²) in [4.78, 5) is 0. The molecule has 0 fully saturated rings. The lowest BCUT2D eigenvalue weighted by Crippen LogP contribution is -2.48. The highest BCUT2D eigenvalue weighted by atomic mass is 16.7. The van der Waals surface area contributed by atoms with Crippen molar-refractivity contribution in [3.05, 3.63) is 36.4 Å². The summed E-state index contributed by atoms with van der Waals surface area (Å²) in [6.07, 6.45) is 0. The quantitative estimate of drug-likeness (QED) is 0.202. The van der Waals surface area contributed by atoms with Gasteiger partial charge in [0.25, 0.3) is 17.4 Å². The third-order valence-corrected chi connectivity index (χ3v) is 10.6. The lowest BCUT2D eigenvalue weighted by atomic mass is 9.91. The Morgan fingerprint density at radius 1 is 0.289 bits per heavy atom. The predicted octanol–water partition coefficient (Wildman–Crippen LogP) is 10.5. The molecule has 45 heavy (non-hydrogen) atoms. The molecule has 6 nitrogen and oxygen atoms in total. The lowest BCUT2D eigenvalue weighted by molar-refractivity contribution is -0.150. The molecule has 240 valence electrons. The van der Waals surface area contributed by atoms with Crippen molar-refractivity contribution < 1.29 is 28.4 Å². The van der Waals surface area contributed by atoms with Crippen molar-refractivity contribution in [3.8, 4) is 34.5 Å². The molecule has 4 aromatic rings. The van der Waals surface area contributed by atoms with Gasteiger partial charge in [0.05, 0.1) is 0 Å². The van der Waals surface area contributed by atoms with Gasteiger partial charge in [-0.15, -0.1) is 0 Å². The van der Waals surface area contributed by atoms with E-state index < -0.39 is 17.4 Å². The first-order valence-electron chi connectivity index (χ1n) is 16.8. The van der Waals surface area contributed by atoms with Crippen molar-refractivity contribution in [3.63, 3.8) is 0 Å². The zero-order valence-electron chi connectivity index (χ0n) is 28.9. The Balaban J connectivity index is 1.52. The fourth-order valence-electron chi connectivity index (χ4n) is 8.00. The number of ether oxygens (including phenoxy) is 6. The van der Waals surface area contributed by atoms with Crippen molar-refractivity contribution in [2.24, 2.45) is 35.5 Å². The third kappa shape index (κ3) is 3.99. The van der Waals surface area contributed by atoms with Crippen LogP contribution in [0.5, 0.6) is 34.5 Å². The van der Waals surface area contributed by atoms with Gasteiger partial charge < -0.3 is 28.4 Å². The van der Waals surface area contributed by atoms with Crippen molar-refractivity contribution in [1.82, 2.24) is 0 Å². The maximum Gasteiger partial charge on any atom is 0.256 e.